The summed E-state index contributed by atoms with van der Waals surface area (Å²) in [5.41, 5.74) is 1.90. The van der Waals surface area contributed by atoms with E-state index < -0.39 is 0 Å². The Labute approximate surface area is 116 Å². The maximum atomic E-state index is 9.06. The Morgan fingerprint density at radius 3 is 2.78 bits per heavy atom. The van der Waals surface area contributed by atoms with E-state index in [4.69, 9.17) is 16.7 Å². The quantitative estimate of drug-likeness (QED) is 0.935. The van der Waals surface area contributed by atoms with Gasteiger partial charge in [-0.25, -0.2) is 4.98 Å². The fourth-order valence-electron chi connectivity index (χ4n) is 1.86. The maximum Gasteiger partial charge on any atom is 0.131 e. The van der Waals surface area contributed by atoms with Crippen LogP contribution in [0.25, 0.3) is 0 Å². The van der Waals surface area contributed by atoms with Crippen molar-refractivity contribution in [3.63, 3.8) is 0 Å². The SMILES string of the molecule is Cc1cc(CO)cnc1N(C)Cc1ccc(Cl)s1. The molecule has 0 amide bonds. The topological polar surface area (TPSA) is 36.4 Å². The zero-order chi connectivity index (χ0) is 13.1. The van der Waals surface area contributed by atoms with Gasteiger partial charge in [-0.05, 0) is 36.2 Å². The average Bonchev–Trinajstić information content (AvgIpc) is 2.74. The number of hydrogen-bond acceptors (Lipinski definition) is 4. The van der Waals surface area contributed by atoms with E-state index in [1.54, 1.807) is 17.5 Å². The van der Waals surface area contributed by atoms with Crippen molar-refractivity contribution < 1.29 is 5.11 Å². The molecule has 2 rings (SSSR count). The predicted molar refractivity (Wildman–Crippen MR) is 76.3 cm³/mol. The number of aliphatic hydroxyl groups excluding tert-OH is 1. The standard InChI is InChI=1S/C13H15ClN2OS/c1-9-5-10(8-17)6-15-13(9)16(2)7-11-3-4-12(14)18-11/h3-6,17H,7-8H2,1-2H3. The van der Waals surface area contributed by atoms with Crippen LogP contribution in [0.4, 0.5) is 5.82 Å². The molecule has 0 spiro atoms. The minimum atomic E-state index is 0.0262. The first-order chi connectivity index (χ1) is 8.60. The molecule has 0 aliphatic rings. The van der Waals surface area contributed by atoms with Gasteiger partial charge in [0.2, 0.25) is 0 Å². The van der Waals surface area contributed by atoms with Crippen LogP contribution in [0.3, 0.4) is 0 Å². The molecule has 0 atom stereocenters. The van der Waals surface area contributed by atoms with E-state index >= 15 is 0 Å². The summed E-state index contributed by atoms with van der Waals surface area (Å²) in [7, 11) is 2.00. The lowest BCUT2D eigenvalue weighted by Gasteiger charge is -2.19. The van der Waals surface area contributed by atoms with Crippen molar-refractivity contribution in [1.29, 1.82) is 0 Å². The van der Waals surface area contributed by atoms with Crippen molar-refractivity contribution in [3.05, 3.63) is 44.7 Å². The van der Waals surface area contributed by atoms with Gasteiger partial charge in [-0.3, -0.25) is 0 Å². The Balaban J connectivity index is 2.15. The second kappa shape index (κ2) is 5.69. The third kappa shape index (κ3) is 3.02. The molecule has 96 valence electrons. The molecule has 2 heterocycles. The molecule has 0 aromatic carbocycles. The molecule has 0 unspecified atom stereocenters. The molecule has 0 fully saturated rings. The molecule has 0 aliphatic carbocycles. The summed E-state index contributed by atoms with van der Waals surface area (Å²) in [4.78, 5) is 7.68. The minimum absolute atomic E-state index is 0.0262. The molecule has 0 aliphatic heterocycles. The molecular formula is C13H15ClN2OS. The molecule has 5 heteroatoms. The zero-order valence-electron chi connectivity index (χ0n) is 10.4. The van der Waals surface area contributed by atoms with Gasteiger partial charge in [0.15, 0.2) is 0 Å². The first-order valence-corrected chi connectivity index (χ1v) is 6.81. The molecule has 2 aromatic rings. The van der Waals surface area contributed by atoms with Gasteiger partial charge >= 0.3 is 0 Å². The number of thiophene rings is 1. The Hall–Kier alpha value is -1.10. The van der Waals surface area contributed by atoms with Crippen molar-refractivity contribution in [1.82, 2.24) is 4.98 Å². The van der Waals surface area contributed by atoms with Crippen LogP contribution in [0.2, 0.25) is 4.34 Å². The van der Waals surface area contributed by atoms with Crippen LogP contribution in [-0.4, -0.2) is 17.1 Å². The molecule has 0 bridgehead atoms. The van der Waals surface area contributed by atoms with E-state index in [0.29, 0.717) is 0 Å². The highest BCUT2D eigenvalue weighted by molar-refractivity contribution is 7.16. The summed E-state index contributed by atoms with van der Waals surface area (Å²) >= 11 is 7.50. The smallest absolute Gasteiger partial charge is 0.131 e. The lowest BCUT2D eigenvalue weighted by molar-refractivity contribution is 0.281. The Morgan fingerprint density at radius 2 is 2.22 bits per heavy atom. The number of aromatic nitrogens is 1. The number of halogens is 1. The van der Waals surface area contributed by atoms with Gasteiger partial charge in [-0.15, -0.1) is 11.3 Å². The van der Waals surface area contributed by atoms with Gasteiger partial charge in [0.25, 0.3) is 0 Å². The first kappa shape index (κ1) is 13.3. The van der Waals surface area contributed by atoms with Crippen LogP contribution in [0.1, 0.15) is 16.0 Å². The van der Waals surface area contributed by atoms with Crippen LogP contribution in [0, 0.1) is 6.92 Å². The molecular weight excluding hydrogens is 268 g/mol. The highest BCUT2D eigenvalue weighted by Crippen LogP contribution is 2.25. The van der Waals surface area contributed by atoms with Crippen molar-refractivity contribution in [2.24, 2.45) is 0 Å². The summed E-state index contributed by atoms with van der Waals surface area (Å²) in [5, 5.41) is 9.06. The van der Waals surface area contributed by atoms with Crippen LogP contribution in [0.5, 0.6) is 0 Å². The number of hydrogen-bond donors (Lipinski definition) is 1. The summed E-state index contributed by atoms with van der Waals surface area (Å²) in [6.07, 6.45) is 1.71. The van der Waals surface area contributed by atoms with Crippen molar-refractivity contribution in [2.45, 2.75) is 20.1 Å². The van der Waals surface area contributed by atoms with Gasteiger partial charge in [0.1, 0.15) is 5.82 Å². The number of anilines is 1. The van der Waals surface area contributed by atoms with E-state index in [1.807, 2.05) is 32.2 Å². The molecule has 0 radical (unpaired) electrons. The van der Waals surface area contributed by atoms with Gasteiger partial charge in [-0.1, -0.05) is 11.6 Å². The van der Waals surface area contributed by atoms with Gasteiger partial charge in [0.05, 0.1) is 17.5 Å². The number of rotatable bonds is 4. The lowest BCUT2D eigenvalue weighted by atomic mass is 10.2. The summed E-state index contributed by atoms with van der Waals surface area (Å²) in [5.74, 6) is 0.928. The minimum Gasteiger partial charge on any atom is -0.392 e. The molecule has 0 saturated heterocycles. The zero-order valence-corrected chi connectivity index (χ0v) is 11.9. The molecule has 1 N–H and O–H groups in total. The first-order valence-electron chi connectivity index (χ1n) is 5.62. The van der Waals surface area contributed by atoms with Crippen LogP contribution >= 0.6 is 22.9 Å². The molecule has 18 heavy (non-hydrogen) atoms. The van der Waals surface area contributed by atoms with Crippen molar-refractivity contribution in [2.75, 3.05) is 11.9 Å². The summed E-state index contributed by atoms with van der Waals surface area (Å²) in [6.45, 7) is 2.81. The third-order valence-corrected chi connectivity index (χ3v) is 3.89. The van der Waals surface area contributed by atoms with Gasteiger partial charge in [0, 0.05) is 18.1 Å². The van der Waals surface area contributed by atoms with Crippen molar-refractivity contribution >= 4 is 28.8 Å². The number of nitrogens with zero attached hydrogens (tertiary/aromatic N) is 2. The normalized spacial score (nSPS) is 10.7. The number of aryl methyl sites for hydroxylation is 1. The highest BCUT2D eigenvalue weighted by atomic mass is 35.5. The molecule has 0 saturated carbocycles. The maximum absolute atomic E-state index is 9.06. The average molecular weight is 283 g/mol. The van der Waals surface area contributed by atoms with E-state index in [1.165, 1.54) is 4.88 Å². The lowest BCUT2D eigenvalue weighted by Crippen LogP contribution is -2.18. The van der Waals surface area contributed by atoms with E-state index in [0.717, 1.165) is 27.8 Å². The highest BCUT2D eigenvalue weighted by Gasteiger charge is 2.09. The van der Waals surface area contributed by atoms with Gasteiger partial charge < -0.3 is 10.0 Å². The van der Waals surface area contributed by atoms with Crippen LogP contribution < -0.4 is 4.90 Å². The second-order valence-electron chi connectivity index (χ2n) is 4.20. The van der Waals surface area contributed by atoms with Crippen LogP contribution in [-0.2, 0) is 13.2 Å². The fourth-order valence-corrected chi connectivity index (χ4v) is 3.00. The number of aliphatic hydroxyl groups is 1. The second-order valence-corrected chi connectivity index (χ2v) is 6.00. The molecule has 3 nitrogen and oxygen atoms in total. The summed E-state index contributed by atoms with van der Waals surface area (Å²) in [6, 6.07) is 5.89. The summed E-state index contributed by atoms with van der Waals surface area (Å²) < 4.78 is 0.804. The van der Waals surface area contributed by atoms with E-state index in [9.17, 15) is 0 Å². The number of pyridine rings is 1. The Morgan fingerprint density at radius 1 is 1.44 bits per heavy atom. The van der Waals surface area contributed by atoms with Crippen LogP contribution in [0.15, 0.2) is 24.4 Å². The van der Waals surface area contributed by atoms with Gasteiger partial charge in [-0.2, -0.15) is 0 Å². The largest absolute Gasteiger partial charge is 0.392 e. The monoisotopic (exact) mass is 282 g/mol. The van der Waals surface area contributed by atoms with E-state index in [-0.39, 0.29) is 6.61 Å². The van der Waals surface area contributed by atoms with E-state index in [2.05, 4.69) is 9.88 Å². The molecule has 2 aromatic heterocycles. The third-order valence-electron chi connectivity index (χ3n) is 2.67. The Kier molecular flexibility index (Phi) is 4.22. The Bertz CT molecular complexity index is 542. The predicted octanol–water partition coefficient (Wildman–Crippen LogP) is 3.23. The van der Waals surface area contributed by atoms with Crippen molar-refractivity contribution in [3.8, 4) is 0 Å². The fraction of sp³-hybridized carbons (Fsp3) is 0.308.